The second-order valence-corrected chi connectivity index (χ2v) is 4.62. The number of carbonyl (C=O) groups excluding carboxylic acids is 1. The van der Waals surface area contributed by atoms with Crippen molar-refractivity contribution in [3.05, 3.63) is 41.0 Å². The SMILES string of the molecule is CN(C)C(=O)c1ccc(Oc2c(N)cccc2Cl)nn1. The highest BCUT2D eigenvalue weighted by molar-refractivity contribution is 6.32. The summed E-state index contributed by atoms with van der Waals surface area (Å²) in [5.74, 6) is 0.288. The second kappa shape index (κ2) is 5.75. The van der Waals surface area contributed by atoms with Crippen LogP contribution in [0.3, 0.4) is 0 Å². The van der Waals surface area contributed by atoms with Gasteiger partial charge in [0, 0.05) is 20.2 Å². The Bertz CT molecular complexity index is 609. The maximum absolute atomic E-state index is 11.7. The summed E-state index contributed by atoms with van der Waals surface area (Å²) in [7, 11) is 3.28. The van der Waals surface area contributed by atoms with E-state index >= 15 is 0 Å². The van der Waals surface area contributed by atoms with E-state index < -0.39 is 0 Å². The summed E-state index contributed by atoms with van der Waals surface area (Å²) in [6.45, 7) is 0. The number of carbonyl (C=O) groups is 1. The molecule has 104 valence electrons. The maximum atomic E-state index is 11.7. The van der Waals surface area contributed by atoms with Gasteiger partial charge in [-0.05, 0) is 18.2 Å². The lowest BCUT2D eigenvalue weighted by Crippen LogP contribution is -2.23. The van der Waals surface area contributed by atoms with Gasteiger partial charge in [-0.1, -0.05) is 17.7 Å². The minimum absolute atomic E-state index is 0.208. The van der Waals surface area contributed by atoms with E-state index in [1.807, 2.05) is 0 Å². The van der Waals surface area contributed by atoms with Gasteiger partial charge in [-0.3, -0.25) is 4.79 Å². The van der Waals surface area contributed by atoms with Gasteiger partial charge in [-0.25, -0.2) is 0 Å². The van der Waals surface area contributed by atoms with E-state index in [0.717, 1.165) is 0 Å². The fourth-order valence-electron chi connectivity index (χ4n) is 1.46. The number of hydrogen-bond donors (Lipinski definition) is 1. The maximum Gasteiger partial charge on any atom is 0.273 e. The zero-order valence-electron chi connectivity index (χ0n) is 11.0. The molecule has 1 amide bonds. The number of benzene rings is 1. The molecule has 0 radical (unpaired) electrons. The average Bonchev–Trinajstić information content (AvgIpc) is 2.43. The third-order valence-corrected chi connectivity index (χ3v) is 2.77. The van der Waals surface area contributed by atoms with Crippen LogP contribution >= 0.6 is 11.6 Å². The summed E-state index contributed by atoms with van der Waals surface area (Å²) in [5, 5.41) is 8.01. The van der Waals surface area contributed by atoms with Crippen molar-refractivity contribution in [2.75, 3.05) is 19.8 Å². The Morgan fingerprint density at radius 1 is 1.25 bits per heavy atom. The van der Waals surface area contributed by atoms with Gasteiger partial charge in [0.05, 0.1) is 10.7 Å². The van der Waals surface area contributed by atoms with Crippen molar-refractivity contribution < 1.29 is 9.53 Å². The summed E-state index contributed by atoms with van der Waals surface area (Å²) in [5.41, 5.74) is 6.40. The topological polar surface area (TPSA) is 81.3 Å². The van der Waals surface area contributed by atoms with Gasteiger partial charge >= 0.3 is 0 Å². The van der Waals surface area contributed by atoms with E-state index in [9.17, 15) is 4.79 Å². The van der Waals surface area contributed by atoms with Gasteiger partial charge < -0.3 is 15.4 Å². The number of amides is 1. The quantitative estimate of drug-likeness (QED) is 0.877. The van der Waals surface area contributed by atoms with Crippen LogP contribution in [0, 0.1) is 0 Å². The Morgan fingerprint density at radius 2 is 2.00 bits per heavy atom. The van der Waals surface area contributed by atoms with Crippen molar-refractivity contribution >= 4 is 23.2 Å². The lowest BCUT2D eigenvalue weighted by atomic mass is 10.3. The first-order valence-electron chi connectivity index (χ1n) is 5.76. The van der Waals surface area contributed by atoms with Crippen LogP contribution in [0.15, 0.2) is 30.3 Å². The van der Waals surface area contributed by atoms with Crippen LogP contribution in [0.2, 0.25) is 5.02 Å². The lowest BCUT2D eigenvalue weighted by Gasteiger charge is -2.10. The molecular weight excluding hydrogens is 280 g/mol. The molecule has 1 heterocycles. The van der Waals surface area contributed by atoms with Crippen LogP contribution in [-0.4, -0.2) is 35.1 Å². The van der Waals surface area contributed by atoms with E-state index in [-0.39, 0.29) is 17.5 Å². The van der Waals surface area contributed by atoms with Crippen molar-refractivity contribution in [3.8, 4) is 11.6 Å². The van der Waals surface area contributed by atoms with Gasteiger partial charge in [0.2, 0.25) is 5.88 Å². The molecular formula is C13H13ClN4O2. The molecule has 0 saturated heterocycles. The van der Waals surface area contributed by atoms with Crippen LogP contribution in [0.5, 0.6) is 11.6 Å². The fourth-order valence-corrected chi connectivity index (χ4v) is 1.68. The molecule has 0 aliphatic rings. The molecule has 1 aromatic carbocycles. The first-order valence-corrected chi connectivity index (χ1v) is 6.14. The van der Waals surface area contributed by atoms with Gasteiger partial charge in [0.15, 0.2) is 11.4 Å². The molecule has 0 fully saturated rings. The van der Waals surface area contributed by atoms with Crippen LogP contribution in [0.1, 0.15) is 10.5 Å². The zero-order valence-corrected chi connectivity index (χ0v) is 11.8. The summed E-state index contributed by atoms with van der Waals surface area (Å²) < 4.78 is 5.48. The van der Waals surface area contributed by atoms with E-state index in [0.29, 0.717) is 16.5 Å². The molecule has 0 aliphatic heterocycles. The summed E-state index contributed by atoms with van der Waals surface area (Å²) in [6, 6.07) is 8.10. The number of rotatable bonds is 3. The minimum atomic E-state index is -0.235. The Kier molecular flexibility index (Phi) is 4.05. The smallest absolute Gasteiger partial charge is 0.273 e. The van der Waals surface area contributed by atoms with Crippen LogP contribution in [-0.2, 0) is 0 Å². The van der Waals surface area contributed by atoms with E-state index in [4.69, 9.17) is 22.1 Å². The zero-order chi connectivity index (χ0) is 14.7. The van der Waals surface area contributed by atoms with Crippen molar-refractivity contribution in [3.63, 3.8) is 0 Å². The molecule has 0 unspecified atom stereocenters. The molecule has 2 aromatic rings. The summed E-state index contributed by atoms with van der Waals surface area (Å²) in [4.78, 5) is 13.1. The number of hydrogen-bond acceptors (Lipinski definition) is 5. The molecule has 2 N–H and O–H groups in total. The van der Waals surface area contributed by atoms with Gasteiger partial charge in [-0.15, -0.1) is 10.2 Å². The van der Waals surface area contributed by atoms with Gasteiger partial charge in [0.1, 0.15) is 0 Å². The van der Waals surface area contributed by atoms with Crippen molar-refractivity contribution in [2.45, 2.75) is 0 Å². The molecule has 0 spiro atoms. The molecule has 6 nitrogen and oxygen atoms in total. The van der Waals surface area contributed by atoms with E-state index in [1.165, 1.54) is 17.0 Å². The monoisotopic (exact) mass is 292 g/mol. The summed E-state index contributed by atoms with van der Waals surface area (Å²) in [6.07, 6.45) is 0. The molecule has 0 aliphatic carbocycles. The molecule has 20 heavy (non-hydrogen) atoms. The normalized spacial score (nSPS) is 10.2. The van der Waals surface area contributed by atoms with Crippen molar-refractivity contribution in [2.24, 2.45) is 0 Å². The number of aromatic nitrogens is 2. The molecule has 0 atom stereocenters. The number of nitrogen functional groups attached to an aromatic ring is 1. The highest BCUT2D eigenvalue weighted by atomic mass is 35.5. The predicted octanol–water partition coefficient (Wildman–Crippen LogP) is 2.21. The molecule has 7 heteroatoms. The first-order chi connectivity index (χ1) is 9.49. The largest absolute Gasteiger partial charge is 0.434 e. The van der Waals surface area contributed by atoms with Gasteiger partial charge in [0.25, 0.3) is 5.91 Å². The Morgan fingerprint density at radius 3 is 2.55 bits per heavy atom. The highest BCUT2D eigenvalue weighted by Gasteiger charge is 2.12. The third-order valence-electron chi connectivity index (χ3n) is 2.47. The van der Waals surface area contributed by atoms with Crippen molar-refractivity contribution in [1.29, 1.82) is 0 Å². The van der Waals surface area contributed by atoms with Gasteiger partial charge in [-0.2, -0.15) is 0 Å². The molecule has 1 aromatic heterocycles. The summed E-state index contributed by atoms with van der Waals surface area (Å²) >= 11 is 5.99. The second-order valence-electron chi connectivity index (χ2n) is 4.22. The highest BCUT2D eigenvalue weighted by Crippen LogP contribution is 2.33. The molecule has 0 bridgehead atoms. The number of ether oxygens (including phenoxy) is 1. The van der Waals surface area contributed by atoms with E-state index in [1.54, 1.807) is 32.3 Å². The van der Waals surface area contributed by atoms with Crippen LogP contribution in [0.25, 0.3) is 0 Å². The molecule has 0 saturated carbocycles. The number of nitrogens with two attached hydrogens (primary N) is 1. The molecule has 2 rings (SSSR count). The number of anilines is 1. The Hall–Kier alpha value is -2.34. The first kappa shape index (κ1) is 14.1. The fraction of sp³-hybridized carbons (Fsp3) is 0.154. The Balaban J connectivity index is 2.21. The number of halogens is 1. The predicted molar refractivity (Wildman–Crippen MR) is 76.0 cm³/mol. The standard InChI is InChI=1S/C13H13ClN4O2/c1-18(2)13(19)10-6-7-11(17-16-10)20-12-8(14)4-3-5-9(12)15/h3-7H,15H2,1-2H3. The van der Waals surface area contributed by atoms with Crippen LogP contribution < -0.4 is 10.5 Å². The van der Waals surface area contributed by atoms with E-state index in [2.05, 4.69) is 10.2 Å². The third kappa shape index (κ3) is 2.97. The van der Waals surface area contributed by atoms with Crippen molar-refractivity contribution in [1.82, 2.24) is 15.1 Å². The average molecular weight is 293 g/mol. The minimum Gasteiger partial charge on any atom is -0.434 e. The van der Waals surface area contributed by atoms with Crippen LogP contribution in [0.4, 0.5) is 5.69 Å². The number of nitrogens with zero attached hydrogens (tertiary/aromatic N) is 3. The lowest BCUT2D eigenvalue weighted by molar-refractivity contribution is 0.0820. The Labute approximate surface area is 121 Å². The number of para-hydroxylation sites is 1.